The summed E-state index contributed by atoms with van der Waals surface area (Å²) < 4.78 is 64.0. The van der Waals surface area contributed by atoms with Gasteiger partial charge in [-0.3, -0.25) is 0 Å². The smallest absolute Gasteiger partial charge is 0.331 e. The summed E-state index contributed by atoms with van der Waals surface area (Å²) in [5.74, 6) is 0.256. The summed E-state index contributed by atoms with van der Waals surface area (Å²) in [7, 11) is 1.31. The van der Waals surface area contributed by atoms with E-state index in [1.807, 2.05) is 18.2 Å². The number of anilines is 1. The Bertz CT molecular complexity index is 744. The second kappa shape index (κ2) is 31.3. The lowest BCUT2D eigenvalue weighted by Crippen LogP contribution is -2.16. The molecule has 1 rings (SSSR count). The maximum absolute atomic E-state index is 10.8. The second-order valence-corrected chi connectivity index (χ2v) is 8.53. The molecule has 14 nitrogen and oxygen atoms in total. The van der Waals surface area contributed by atoms with Crippen molar-refractivity contribution in [1.82, 2.24) is 0 Å². The minimum atomic E-state index is -0.409. The van der Waals surface area contributed by atoms with Gasteiger partial charge >= 0.3 is 5.97 Å². The van der Waals surface area contributed by atoms with Gasteiger partial charge in [-0.15, -0.1) is 0 Å². The van der Waals surface area contributed by atoms with E-state index >= 15 is 0 Å². The van der Waals surface area contributed by atoms with Crippen LogP contribution in [-0.2, 0) is 56.9 Å². The highest BCUT2D eigenvalue weighted by molar-refractivity contribution is 5.70. The first-order valence-electron chi connectivity index (χ1n) is 14.6. The van der Waals surface area contributed by atoms with E-state index in [9.17, 15) is 4.79 Å². The van der Waals surface area contributed by atoms with Crippen molar-refractivity contribution in [1.29, 1.82) is 0 Å². The van der Waals surface area contributed by atoms with E-state index in [0.717, 1.165) is 0 Å². The first-order valence-corrected chi connectivity index (χ1v) is 14.6. The van der Waals surface area contributed by atoms with Crippen LogP contribution in [0.15, 0.2) is 24.3 Å². The fourth-order valence-electron chi connectivity index (χ4n) is 3.02. The van der Waals surface area contributed by atoms with Crippen molar-refractivity contribution in [2.75, 3.05) is 152 Å². The van der Waals surface area contributed by atoms with Crippen molar-refractivity contribution in [2.24, 2.45) is 0 Å². The summed E-state index contributed by atoms with van der Waals surface area (Å²) in [5.41, 5.74) is 6.42. The molecule has 250 valence electrons. The Balaban J connectivity index is 1.64. The molecule has 14 heteroatoms. The molecule has 0 aliphatic heterocycles. The number of hydrogen-bond acceptors (Lipinski definition) is 14. The Labute approximate surface area is 255 Å². The number of esters is 1. The van der Waals surface area contributed by atoms with Gasteiger partial charge in [0.2, 0.25) is 0 Å². The number of rotatable bonds is 33. The Kier molecular flexibility index (Phi) is 28.3. The summed E-state index contributed by atoms with van der Waals surface area (Å²) in [6, 6.07) is 7.36. The van der Waals surface area contributed by atoms with E-state index in [0.29, 0.717) is 144 Å². The van der Waals surface area contributed by atoms with Gasteiger partial charge in [0, 0.05) is 0 Å². The molecule has 0 fully saturated rings. The van der Waals surface area contributed by atoms with Crippen LogP contribution in [-0.4, -0.2) is 152 Å². The Morgan fingerprint density at radius 2 is 0.791 bits per heavy atom. The third kappa shape index (κ3) is 27.2. The molecular formula is C29H51NO13. The van der Waals surface area contributed by atoms with Crippen LogP contribution in [0.2, 0.25) is 0 Å². The molecule has 1 aromatic rings. The predicted molar refractivity (Wildman–Crippen MR) is 157 cm³/mol. The summed E-state index contributed by atoms with van der Waals surface area (Å²) in [5, 5.41) is 0. The molecule has 0 aliphatic rings. The van der Waals surface area contributed by atoms with Crippen molar-refractivity contribution >= 4 is 11.7 Å². The molecule has 0 saturated carbocycles. The van der Waals surface area contributed by atoms with E-state index in [4.69, 9.17) is 57.8 Å². The van der Waals surface area contributed by atoms with Gasteiger partial charge in [0.15, 0.2) is 0 Å². The topological polar surface area (TPSA) is 154 Å². The lowest BCUT2D eigenvalue weighted by atomic mass is 10.3. The van der Waals surface area contributed by atoms with Gasteiger partial charge in [-0.25, -0.2) is 4.79 Å². The van der Waals surface area contributed by atoms with Crippen molar-refractivity contribution in [3.63, 3.8) is 0 Å². The van der Waals surface area contributed by atoms with Crippen molar-refractivity contribution in [3.8, 4) is 5.75 Å². The van der Waals surface area contributed by atoms with Crippen LogP contribution in [0, 0.1) is 0 Å². The van der Waals surface area contributed by atoms with Crippen LogP contribution in [0.1, 0.15) is 0 Å². The molecule has 0 atom stereocenters. The van der Waals surface area contributed by atoms with Crippen molar-refractivity contribution in [2.45, 2.75) is 0 Å². The highest BCUT2D eigenvalue weighted by Gasteiger charge is 2.00. The van der Waals surface area contributed by atoms with Gasteiger partial charge in [-0.1, -0.05) is 12.1 Å². The summed E-state index contributed by atoms with van der Waals surface area (Å²) >= 11 is 0. The number of hydrogen-bond donors (Lipinski definition) is 1. The normalized spacial score (nSPS) is 11.2. The Morgan fingerprint density at radius 1 is 0.488 bits per heavy atom. The fourth-order valence-corrected chi connectivity index (χ4v) is 3.02. The predicted octanol–water partition coefficient (Wildman–Crippen LogP) is 0.987. The summed E-state index contributed by atoms with van der Waals surface area (Å²) in [6.45, 7) is 9.33. The van der Waals surface area contributed by atoms with Crippen LogP contribution in [0.4, 0.5) is 5.69 Å². The molecule has 43 heavy (non-hydrogen) atoms. The molecule has 0 aliphatic carbocycles. The van der Waals surface area contributed by atoms with Crippen LogP contribution in [0.3, 0.4) is 0 Å². The van der Waals surface area contributed by atoms with E-state index < -0.39 is 5.97 Å². The number of carbonyl (C=O) groups excluding carboxylic acids is 1. The fraction of sp³-hybridized carbons (Fsp3) is 0.759. The van der Waals surface area contributed by atoms with Crippen LogP contribution >= 0.6 is 0 Å². The number of nitrogen functional groups attached to an aromatic ring is 1. The minimum absolute atomic E-state index is 0.0712. The highest BCUT2D eigenvalue weighted by Crippen LogP contribution is 2.19. The third-order valence-electron chi connectivity index (χ3n) is 5.20. The third-order valence-corrected chi connectivity index (χ3v) is 5.20. The molecule has 1 aromatic carbocycles. The van der Waals surface area contributed by atoms with Gasteiger partial charge in [0.25, 0.3) is 0 Å². The molecule has 0 spiro atoms. The largest absolute Gasteiger partial charge is 0.489 e. The van der Waals surface area contributed by atoms with E-state index in [-0.39, 0.29) is 6.61 Å². The monoisotopic (exact) mass is 621 g/mol. The Hall–Kier alpha value is -2.11. The molecule has 0 radical (unpaired) electrons. The molecule has 0 amide bonds. The zero-order valence-corrected chi connectivity index (χ0v) is 25.5. The van der Waals surface area contributed by atoms with E-state index in [1.54, 1.807) is 6.07 Å². The van der Waals surface area contributed by atoms with Gasteiger partial charge in [0.1, 0.15) is 19.0 Å². The molecule has 2 N–H and O–H groups in total. The number of ether oxygens (including phenoxy) is 12. The maximum atomic E-state index is 10.8. The average molecular weight is 622 g/mol. The van der Waals surface area contributed by atoms with E-state index in [2.05, 4.69) is 4.74 Å². The van der Waals surface area contributed by atoms with Crippen LogP contribution < -0.4 is 10.5 Å². The average Bonchev–Trinajstić information content (AvgIpc) is 3.02. The van der Waals surface area contributed by atoms with Gasteiger partial charge in [-0.05, 0) is 12.1 Å². The highest BCUT2D eigenvalue weighted by atomic mass is 16.6. The molecule has 0 saturated heterocycles. The molecular weight excluding hydrogens is 570 g/mol. The summed E-state index contributed by atoms with van der Waals surface area (Å²) in [6.07, 6.45) is 0. The lowest BCUT2D eigenvalue weighted by Gasteiger charge is -2.09. The zero-order valence-electron chi connectivity index (χ0n) is 25.5. The number of nitrogens with two attached hydrogens (primary N) is 1. The zero-order chi connectivity index (χ0) is 30.9. The minimum Gasteiger partial charge on any atom is -0.489 e. The number of carbonyl (C=O) groups is 1. The SMILES string of the molecule is COC(=O)COCCOCCOCCOCCOCCOCCOCCOCCOCCOCCOc1ccccc1N. The first kappa shape index (κ1) is 38.9. The maximum Gasteiger partial charge on any atom is 0.331 e. The van der Waals surface area contributed by atoms with Crippen molar-refractivity contribution in [3.05, 3.63) is 24.3 Å². The quantitative estimate of drug-likeness (QED) is 0.0674. The van der Waals surface area contributed by atoms with Crippen molar-refractivity contribution < 1.29 is 61.6 Å². The van der Waals surface area contributed by atoms with Crippen LogP contribution in [0.5, 0.6) is 5.75 Å². The molecule has 0 unspecified atom stereocenters. The number of methoxy groups -OCH3 is 1. The number of benzene rings is 1. The molecule has 0 aromatic heterocycles. The Morgan fingerprint density at radius 3 is 1.12 bits per heavy atom. The summed E-state index contributed by atoms with van der Waals surface area (Å²) in [4.78, 5) is 10.8. The number of para-hydroxylation sites is 2. The molecule has 0 bridgehead atoms. The second-order valence-electron chi connectivity index (χ2n) is 8.53. The first-order chi connectivity index (χ1) is 21.2. The van der Waals surface area contributed by atoms with Gasteiger partial charge in [-0.2, -0.15) is 0 Å². The lowest BCUT2D eigenvalue weighted by molar-refractivity contribution is -0.146. The van der Waals surface area contributed by atoms with Gasteiger partial charge < -0.3 is 62.6 Å². The van der Waals surface area contributed by atoms with Crippen LogP contribution in [0.25, 0.3) is 0 Å². The standard InChI is InChI=1S/C29H51NO13/c1-32-29(31)26-42-23-22-40-19-18-38-15-14-36-11-10-34-7-6-33-8-9-35-12-13-37-16-17-39-20-21-41-24-25-43-28-5-3-2-4-27(28)30/h2-5H,6-26,30H2,1H3. The molecule has 0 heterocycles. The van der Waals surface area contributed by atoms with Gasteiger partial charge in [0.05, 0.1) is 138 Å². The van der Waals surface area contributed by atoms with E-state index in [1.165, 1.54) is 7.11 Å².